The largest absolute Gasteiger partial charge is 0.397 e. The molecule has 0 saturated heterocycles. The van der Waals surface area contributed by atoms with Crippen molar-refractivity contribution in [3.05, 3.63) is 76.5 Å². The van der Waals surface area contributed by atoms with Gasteiger partial charge in [-0.15, -0.1) is 0 Å². The number of hydrogen-bond donors (Lipinski definition) is 2. The first-order chi connectivity index (χ1) is 13.2. The predicted octanol–water partition coefficient (Wildman–Crippen LogP) is 3.92. The molecule has 2 aromatic carbocycles. The lowest BCUT2D eigenvalue weighted by atomic mass is 9.97. The molecule has 0 spiro atoms. The molecule has 0 radical (unpaired) electrons. The van der Waals surface area contributed by atoms with Crippen molar-refractivity contribution in [2.45, 2.75) is 32.3 Å². The summed E-state index contributed by atoms with van der Waals surface area (Å²) in [5.41, 5.74) is 13.0. The maximum absolute atomic E-state index is 6.31. The lowest BCUT2D eigenvalue weighted by Crippen LogP contribution is -2.25. The highest BCUT2D eigenvalue weighted by molar-refractivity contribution is 5.66. The number of fused-ring (bicyclic) bond motifs is 1. The zero-order valence-electron chi connectivity index (χ0n) is 15.8. The second-order valence-corrected chi connectivity index (χ2v) is 7.39. The predicted molar refractivity (Wildman–Crippen MR) is 110 cm³/mol. The summed E-state index contributed by atoms with van der Waals surface area (Å²) >= 11 is 0. The van der Waals surface area contributed by atoms with Gasteiger partial charge in [0.15, 0.2) is 0 Å². The molecule has 0 aromatic heterocycles. The third-order valence-electron chi connectivity index (χ3n) is 5.19. The van der Waals surface area contributed by atoms with Crippen molar-refractivity contribution in [1.29, 1.82) is 0 Å². The van der Waals surface area contributed by atoms with Gasteiger partial charge in [0.2, 0.25) is 0 Å². The molecule has 4 rings (SSSR count). The van der Waals surface area contributed by atoms with E-state index in [1.807, 2.05) is 6.20 Å². The molecular weight excluding hydrogens is 332 g/mol. The Morgan fingerprint density at radius 2 is 2.11 bits per heavy atom. The highest BCUT2D eigenvalue weighted by Crippen LogP contribution is 2.28. The summed E-state index contributed by atoms with van der Waals surface area (Å²) in [6.45, 7) is 3.56. The Bertz CT molecular complexity index is 915. The Balaban J connectivity index is 1.40. The third kappa shape index (κ3) is 4.35. The van der Waals surface area contributed by atoms with Crippen molar-refractivity contribution >= 4 is 5.70 Å². The van der Waals surface area contributed by atoms with E-state index in [2.05, 4.69) is 66.5 Å². The maximum Gasteiger partial charge on any atom is 0.0999 e. The Labute approximate surface area is 161 Å². The van der Waals surface area contributed by atoms with Gasteiger partial charge >= 0.3 is 0 Å². The van der Waals surface area contributed by atoms with Gasteiger partial charge in [-0.25, -0.2) is 0 Å². The van der Waals surface area contributed by atoms with Crippen molar-refractivity contribution in [2.75, 3.05) is 13.2 Å². The number of benzene rings is 2. The Morgan fingerprint density at radius 3 is 2.93 bits per heavy atom. The van der Waals surface area contributed by atoms with Gasteiger partial charge in [-0.2, -0.15) is 0 Å². The van der Waals surface area contributed by atoms with Crippen LogP contribution in [0.2, 0.25) is 0 Å². The normalized spacial score (nSPS) is 19.0. The molecule has 1 aliphatic heterocycles. The topological polar surface area (TPSA) is 47.3 Å². The minimum atomic E-state index is 0.0696. The van der Waals surface area contributed by atoms with Gasteiger partial charge in [0.05, 0.1) is 18.4 Å². The number of nitrogens with one attached hydrogen (secondary N) is 1. The van der Waals surface area contributed by atoms with E-state index in [1.54, 1.807) is 0 Å². The van der Waals surface area contributed by atoms with Gasteiger partial charge in [0, 0.05) is 29.8 Å². The van der Waals surface area contributed by atoms with E-state index in [0.717, 1.165) is 35.4 Å². The van der Waals surface area contributed by atoms with Crippen molar-refractivity contribution < 1.29 is 4.74 Å². The van der Waals surface area contributed by atoms with E-state index in [1.165, 1.54) is 24.0 Å². The van der Waals surface area contributed by atoms with Crippen molar-refractivity contribution in [3.63, 3.8) is 0 Å². The summed E-state index contributed by atoms with van der Waals surface area (Å²) in [6, 6.07) is 14.7. The number of aryl methyl sites for hydroxylation is 1. The summed E-state index contributed by atoms with van der Waals surface area (Å²) in [5, 5.41) is 3.34. The average Bonchev–Trinajstić information content (AvgIpc) is 3.51. The summed E-state index contributed by atoms with van der Waals surface area (Å²) < 4.78 is 5.93. The Morgan fingerprint density at radius 1 is 1.26 bits per heavy atom. The summed E-state index contributed by atoms with van der Waals surface area (Å²) in [5.74, 6) is 7.19. The molecule has 2 aliphatic rings. The molecule has 1 unspecified atom stereocenters. The van der Waals surface area contributed by atoms with E-state index in [0.29, 0.717) is 12.5 Å². The first kappa shape index (κ1) is 17.7. The van der Waals surface area contributed by atoms with Gasteiger partial charge in [0.1, 0.15) is 0 Å². The molecule has 1 aliphatic carbocycles. The fourth-order valence-corrected chi connectivity index (χ4v) is 3.48. The molecule has 1 atom stereocenters. The minimum absolute atomic E-state index is 0.0696. The SMILES string of the molecule is Cc1cc(C#CC2CC2)ccc1/C(N)=C/NCC1OCCc2ccccc21. The fraction of sp³-hybridized carbons (Fsp3) is 0.333. The van der Waals surface area contributed by atoms with E-state index < -0.39 is 0 Å². The van der Waals surface area contributed by atoms with Gasteiger partial charge in [-0.3, -0.25) is 0 Å². The van der Waals surface area contributed by atoms with Gasteiger partial charge < -0.3 is 15.8 Å². The highest BCUT2D eigenvalue weighted by Gasteiger charge is 2.19. The molecule has 0 bridgehead atoms. The molecule has 1 saturated carbocycles. The van der Waals surface area contributed by atoms with Crippen LogP contribution in [-0.4, -0.2) is 13.2 Å². The lowest BCUT2D eigenvalue weighted by molar-refractivity contribution is 0.0447. The monoisotopic (exact) mass is 358 g/mol. The number of hydrogen-bond acceptors (Lipinski definition) is 3. The molecule has 27 heavy (non-hydrogen) atoms. The van der Waals surface area contributed by atoms with Crippen LogP contribution < -0.4 is 11.1 Å². The molecule has 3 heteroatoms. The van der Waals surface area contributed by atoms with E-state index in [-0.39, 0.29) is 6.10 Å². The van der Waals surface area contributed by atoms with Crippen LogP contribution in [-0.2, 0) is 11.2 Å². The second-order valence-electron chi connectivity index (χ2n) is 7.39. The third-order valence-corrected chi connectivity index (χ3v) is 5.19. The van der Waals surface area contributed by atoms with Crippen LogP contribution in [0.3, 0.4) is 0 Å². The first-order valence-corrected chi connectivity index (χ1v) is 9.71. The standard InChI is InChI=1S/C24H26N2O/c1-17-14-19(9-8-18-6-7-18)10-11-21(17)23(25)15-26-16-24-22-5-3-2-4-20(22)12-13-27-24/h2-5,10-11,14-15,18,24,26H,6-7,12-13,16,25H2,1H3/b23-15-. The number of ether oxygens (including phenoxy) is 1. The lowest BCUT2D eigenvalue weighted by Gasteiger charge is -2.26. The van der Waals surface area contributed by atoms with Crippen LogP contribution in [0.5, 0.6) is 0 Å². The van der Waals surface area contributed by atoms with Crippen LogP contribution >= 0.6 is 0 Å². The zero-order valence-corrected chi connectivity index (χ0v) is 15.8. The van der Waals surface area contributed by atoms with E-state index in [4.69, 9.17) is 10.5 Å². The second kappa shape index (κ2) is 7.90. The summed E-state index contributed by atoms with van der Waals surface area (Å²) in [6.07, 6.45) is 5.44. The summed E-state index contributed by atoms with van der Waals surface area (Å²) in [7, 11) is 0. The number of rotatable bonds is 4. The molecule has 1 fully saturated rings. The average molecular weight is 358 g/mol. The molecule has 0 amide bonds. The van der Waals surface area contributed by atoms with Gasteiger partial charge in [0.25, 0.3) is 0 Å². The molecular formula is C24H26N2O. The van der Waals surface area contributed by atoms with Crippen LogP contribution in [0, 0.1) is 24.7 Å². The first-order valence-electron chi connectivity index (χ1n) is 9.71. The van der Waals surface area contributed by atoms with Crippen LogP contribution in [0.25, 0.3) is 5.70 Å². The minimum Gasteiger partial charge on any atom is -0.397 e. The maximum atomic E-state index is 6.31. The van der Waals surface area contributed by atoms with Crippen molar-refractivity contribution in [2.24, 2.45) is 11.7 Å². The molecule has 3 nitrogen and oxygen atoms in total. The Hall–Kier alpha value is -2.70. The smallest absolute Gasteiger partial charge is 0.0999 e. The highest BCUT2D eigenvalue weighted by atomic mass is 16.5. The van der Waals surface area contributed by atoms with Crippen LogP contribution in [0.4, 0.5) is 0 Å². The summed E-state index contributed by atoms with van der Waals surface area (Å²) in [4.78, 5) is 0. The van der Waals surface area contributed by atoms with Crippen molar-refractivity contribution in [3.8, 4) is 11.8 Å². The Kier molecular flexibility index (Phi) is 5.18. The fourth-order valence-electron chi connectivity index (χ4n) is 3.48. The van der Waals surface area contributed by atoms with Crippen molar-refractivity contribution in [1.82, 2.24) is 5.32 Å². The molecule has 1 heterocycles. The van der Waals surface area contributed by atoms with Gasteiger partial charge in [-0.1, -0.05) is 42.2 Å². The van der Waals surface area contributed by atoms with Crippen LogP contribution in [0.1, 0.15) is 46.8 Å². The van der Waals surface area contributed by atoms with Gasteiger partial charge in [-0.05, 0) is 55.0 Å². The quantitative estimate of drug-likeness (QED) is 0.815. The zero-order chi connectivity index (χ0) is 18.6. The molecule has 3 N–H and O–H groups in total. The molecule has 2 aromatic rings. The van der Waals surface area contributed by atoms with Crippen LogP contribution in [0.15, 0.2) is 48.7 Å². The van der Waals surface area contributed by atoms with E-state index in [9.17, 15) is 0 Å². The number of nitrogens with two attached hydrogens (primary N) is 1. The molecule has 138 valence electrons. The van der Waals surface area contributed by atoms with E-state index >= 15 is 0 Å².